The van der Waals surface area contributed by atoms with E-state index in [0.717, 1.165) is 5.56 Å². The molecule has 2 N–H and O–H groups in total. The molecule has 178 valence electrons. The molecule has 0 aliphatic heterocycles. The van der Waals surface area contributed by atoms with Crippen molar-refractivity contribution in [2.24, 2.45) is 0 Å². The third-order valence-corrected chi connectivity index (χ3v) is 5.89. The molecule has 0 aliphatic rings. The number of anilines is 1. The van der Waals surface area contributed by atoms with Crippen LogP contribution in [0.15, 0.2) is 53.7 Å². The molecule has 3 rings (SSSR count). The van der Waals surface area contributed by atoms with Crippen molar-refractivity contribution < 1.29 is 19.1 Å². The first-order valence-electron chi connectivity index (χ1n) is 10.9. The second-order valence-corrected chi connectivity index (χ2v) is 8.22. The summed E-state index contributed by atoms with van der Waals surface area (Å²) in [5.74, 6) is -0.0456. The molecule has 9 nitrogen and oxygen atoms in total. The van der Waals surface area contributed by atoms with E-state index in [9.17, 15) is 14.4 Å². The fourth-order valence-corrected chi connectivity index (χ4v) is 4.01. The van der Waals surface area contributed by atoms with Gasteiger partial charge in [0.15, 0.2) is 11.0 Å². The van der Waals surface area contributed by atoms with Crippen LogP contribution in [0.2, 0.25) is 0 Å². The predicted molar refractivity (Wildman–Crippen MR) is 130 cm³/mol. The maximum Gasteiger partial charge on any atom is 0.338 e. The molecule has 2 amide bonds. The number of rotatable bonds is 10. The minimum absolute atomic E-state index is 0.132. The Bertz CT molecular complexity index is 1160. The monoisotopic (exact) mass is 481 g/mol. The molecule has 34 heavy (non-hydrogen) atoms. The van der Waals surface area contributed by atoms with Gasteiger partial charge in [-0.15, -0.1) is 10.2 Å². The lowest BCUT2D eigenvalue weighted by Gasteiger charge is -2.10. The van der Waals surface area contributed by atoms with Crippen LogP contribution in [0, 0.1) is 6.92 Å². The first-order chi connectivity index (χ1) is 16.4. The summed E-state index contributed by atoms with van der Waals surface area (Å²) in [6.07, 6.45) is 0. The van der Waals surface area contributed by atoms with Crippen LogP contribution in [0.1, 0.15) is 46.0 Å². The highest BCUT2D eigenvalue weighted by Crippen LogP contribution is 2.18. The van der Waals surface area contributed by atoms with Gasteiger partial charge in [-0.1, -0.05) is 30.0 Å². The average Bonchev–Trinajstić information content (AvgIpc) is 3.24. The van der Waals surface area contributed by atoms with Gasteiger partial charge in [-0.2, -0.15) is 0 Å². The minimum Gasteiger partial charge on any atom is -0.462 e. The van der Waals surface area contributed by atoms with Gasteiger partial charge in [0.25, 0.3) is 5.91 Å². The third kappa shape index (κ3) is 6.44. The molecule has 0 saturated heterocycles. The van der Waals surface area contributed by atoms with E-state index < -0.39 is 5.97 Å². The van der Waals surface area contributed by atoms with Gasteiger partial charge >= 0.3 is 5.97 Å². The van der Waals surface area contributed by atoms with Crippen LogP contribution < -0.4 is 10.6 Å². The Morgan fingerprint density at radius 1 is 1.03 bits per heavy atom. The molecule has 2 aromatic carbocycles. The van der Waals surface area contributed by atoms with Crippen molar-refractivity contribution in [1.29, 1.82) is 0 Å². The lowest BCUT2D eigenvalue weighted by atomic mass is 10.1. The number of hydrogen-bond donors (Lipinski definition) is 2. The van der Waals surface area contributed by atoms with Crippen molar-refractivity contribution in [2.75, 3.05) is 17.7 Å². The highest BCUT2D eigenvalue weighted by Gasteiger charge is 2.15. The van der Waals surface area contributed by atoms with Gasteiger partial charge in [0.05, 0.1) is 24.5 Å². The molecule has 0 spiro atoms. The van der Waals surface area contributed by atoms with E-state index in [-0.39, 0.29) is 24.1 Å². The third-order valence-electron chi connectivity index (χ3n) is 4.92. The molecule has 10 heteroatoms. The average molecular weight is 482 g/mol. The first-order valence-corrected chi connectivity index (χ1v) is 11.9. The van der Waals surface area contributed by atoms with Gasteiger partial charge in [-0.3, -0.25) is 9.59 Å². The fourth-order valence-electron chi connectivity index (χ4n) is 3.19. The number of esters is 1. The number of amides is 2. The summed E-state index contributed by atoms with van der Waals surface area (Å²) in [4.78, 5) is 36.6. The Morgan fingerprint density at radius 2 is 1.76 bits per heavy atom. The Labute approximate surface area is 202 Å². The summed E-state index contributed by atoms with van der Waals surface area (Å²) in [5.41, 5.74) is 2.52. The van der Waals surface area contributed by atoms with Gasteiger partial charge < -0.3 is 19.9 Å². The quantitative estimate of drug-likeness (QED) is 0.337. The Hall–Kier alpha value is -3.66. The van der Waals surface area contributed by atoms with Crippen LogP contribution in [-0.4, -0.2) is 44.9 Å². The predicted octanol–water partition coefficient (Wildman–Crippen LogP) is 3.44. The number of carbonyl (C=O) groups excluding carboxylic acids is 3. The van der Waals surface area contributed by atoms with E-state index in [2.05, 4.69) is 20.8 Å². The van der Waals surface area contributed by atoms with E-state index in [0.29, 0.717) is 40.9 Å². The van der Waals surface area contributed by atoms with Crippen LogP contribution >= 0.6 is 11.8 Å². The Kier molecular flexibility index (Phi) is 8.80. The fraction of sp³-hybridized carbons (Fsp3) is 0.292. The largest absolute Gasteiger partial charge is 0.462 e. The molecule has 0 bridgehead atoms. The van der Waals surface area contributed by atoms with Crippen LogP contribution in [0.5, 0.6) is 0 Å². The number of carbonyl (C=O) groups is 3. The highest BCUT2D eigenvalue weighted by atomic mass is 32.2. The number of aromatic nitrogens is 3. The summed E-state index contributed by atoms with van der Waals surface area (Å²) >= 11 is 1.26. The number of ether oxygens (including phenoxy) is 1. The van der Waals surface area contributed by atoms with E-state index in [1.807, 2.05) is 36.6 Å². The first kappa shape index (κ1) is 25.0. The molecule has 0 saturated carbocycles. The highest BCUT2D eigenvalue weighted by molar-refractivity contribution is 7.99. The SMILES string of the molecule is CCOC(=O)c1ccc(NC(=O)CSc2nnc(CNC(=O)c3ccccc3C)n2CC)cc1. The number of hydrogen-bond acceptors (Lipinski definition) is 7. The van der Waals surface area contributed by atoms with Crippen LogP contribution in [-0.2, 0) is 22.6 Å². The summed E-state index contributed by atoms with van der Waals surface area (Å²) in [6, 6.07) is 13.9. The molecule has 0 radical (unpaired) electrons. The van der Waals surface area contributed by atoms with E-state index in [4.69, 9.17) is 4.74 Å². The second kappa shape index (κ2) is 12.0. The van der Waals surface area contributed by atoms with E-state index >= 15 is 0 Å². The minimum atomic E-state index is -0.402. The second-order valence-electron chi connectivity index (χ2n) is 7.28. The lowest BCUT2D eigenvalue weighted by molar-refractivity contribution is -0.113. The number of thioether (sulfide) groups is 1. The Balaban J connectivity index is 1.54. The summed E-state index contributed by atoms with van der Waals surface area (Å²) in [5, 5.41) is 14.6. The van der Waals surface area contributed by atoms with Crippen molar-refractivity contribution in [2.45, 2.75) is 39.0 Å². The number of benzene rings is 2. The number of nitrogens with zero attached hydrogens (tertiary/aromatic N) is 3. The summed E-state index contributed by atoms with van der Waals surface area (Å²) in [7, 11) is 0. The van der Waals surface area contributed by atoms with Gasteiger partial charge in [-0.25, -0.2) is 4.79 Å². The van der Waals surface area contributed by atoms with Crippen LogP contribution in [0.3, 0.4) is 0 Å². The zero-order valence-corrected chi connectivity index (χ0v) is 20.1. The zero-order valence-electron chi connectivity index (χ0n) is 19.3. The normalized spacial score (nSPS) is 10.6. The summed E-state index contributed by atoms with van der Waals surface area (Å²) < 4.78 is 6.82. The van der Waals surface area contributed by atoms with Crippen LogP contribution in [0.4, 0.5) is 5.69 Å². The number of aryl methyl sites for hydroxylation is 1. The van der Waals surface area contributed by atoms with Crippen molar-refractivity contribution in [3.05, 3.63) is 71.0 Å². The smallest absolute Gasteiger partial charge is 0.338 e. The molecule has 0 unspecified atom stereocenters. The molecule has 0 atom stereocenters. The maximum absolute atomic E-state index is 12.5. The van der Waals surface area contributed by atoms with E-state index in [1.165, 1.54) is 11.8 Å². The van der Waals surface area contributed by atoms with Crippen molar-refractivity contribution in [3.63, 3.8) is 0 Å². The standard InChI is InChI=1S/C24H27N5O4S/c1-4-29-20(14-25-22(31)19-9-7-6-8-16(19)3)27-28-24(29)34-15-21(30)26-18-12-10-17(11-13-18)23(32)33-5-2/h6-13H,4-5,14-15H2,1-3H3,(H,25,31)(H,26,30). The lowest BCUT2D eigenvalue weighted by Crippen LogP contribution is -2.25. The molecular formula is C24H27N5O4S. The molecular weight excluding hydrogens is 454 g/mol. The van der Waals surface area contributed by atoms with Gasteiger partial charge in [-0.05, 0) is 56.7 Å². The topological polar surface area (TPSA) is 115 Å². The van der Waals surface area contributed by atoms with Crippen LogP contribution in [0.25, 0.3) is 0 Å². The Morgan fingerprint density at radius 3 is 2.44 bits per heavy atom. The van der Waals surface area contributed by atoms with Crippen molar-refractivity contribution >= 4 is 35.2 Å². The zero-order chi connectivity index (χ0) is 24.5. The van der Waals surface area contributed by atoms with E-state index in [1.54, 1.807) is 37.3 Å². The molecule has 0 aliphatic carbocycles. The molecule has 1 aromatic heterocycles. The summed E-state index contributed by atoms with van der Waals surface area (Å²) in [6.45, 7) is 6.71. The van der Waals surface area contributed by atoms with Gasteiger partial charge in [0.2, 0.25) is 5.91 Å². The van der Waals surface area contributed by atoms with Gasteiger partial charge in [0.1, 0.15) is 0 Å². The van der Waals surface area contributed by atoms with Crippen molar-refractivity contribution in [1.82, 2.24) is 20.1 Å². The van der Waals surface area contributed by atoms with Gasteiger partial charge in [0, 0.05) is 17.8 Å². The molecule has 0 fully saturated rings. The number of nitrogens with one attached hydrogen (secondary N) is 2. The van der Waals surface area contributed by atoms with Crippen molar-refractivity contribution in [3.8, 4) is 0 Å². The molecule has 1 heterocycles. The maximum atomic E-state index is 12.5. The molecule has 3 aromatic rings.